The lowest BCUT2D eigenvalue weighted by molar-refractivity contribution is 0.0942. The molecular weight excluding hydrogens is 418 g/mol. The van der Waals surface area contributed by atoms with E-state index in [0.717, 1.165) is 43.7 Å². The lowest BCUT2D eigenvalue weighted by Crippen LogP contribution is -2.36. The van der Waals surface area contributed by atoms with Crippen LogP contribution in [0.5, 0.6) is 0 Å². The molecule has 0 spiro atoms. The summed E-state index contributed by atoms with van der Waals surface area (Å²) in [4.78, 5) is 19.5. The average molecular weight is 448 g/mol. The molecule has 1 amide bonds. The Balaban J connectivity index is 1.42. The molecule has 0 aliphatic carbocycles. The topological polar surface area (TPSA) is 96.8 Å². The van der Waals surface area contributed by atoms with Crippen molar-refractivity contribution in [3.05, 3.63) is 41.9 Å². The summed E-state index contributed by atoms with van der Waals surface area (Å²) >= 11 is 0. The van der Waals surface area contributed by atoms with E-state index in [4.69, 9.17) is 4.74 Å². The van der Waals surface area contributed by atoms with Crippen LogP contribution in [0.4, 0.5) is 5.82 Å². The molecule has 0 saturated carbocycles. The van der Waals surface area contributed by atoms with Crippen LogP contribution < -0.4 is 10.2 Å². The molecule has 9 nitrogen and oxygen atoms in total. The van der Waals surface area contributed by atoms with E-state index in [9.17, 15) is 13.2 Å². The van der Waals surface area contributed by atoms with Gasteiger partial charge in [0, 0.05) is 52.2 Å². The number of piperidine rings is 1. The molecule has 2 fully saturated rings. The van der Waals surface area contributed by atoms with E-state index < -0.39 is 10.0 Å². The van der Waals surface area contributed by atoms with E-state index in [0.29, 0.717) is 38.5 Å². The van der Waals surface area contributed by atoms with Crippen molar-refractivity contribution in [2.45, 2.75) is 30.7 Å². The van der Waals surface area contributed by atoms with Crippen LogP contribution in [-0.4, -0.2) is 67.6 Å². The fourth-order valence-corrected chi connectivity index (χ4v) is 5.55. The summed E-state index contributed by atoms with van der Waals surface area (Å²) in [6.45, 7) is 4.34. The van der Waals surface area contributed by atoms with Crippen LogP contribution in [0.25, 0.3) is 0 Å². The number of carbonyl (C=O) groups is 1. The molecular formula is C21H29N5O4S. The van der Waals surface area contributed by atoms with Crippen molar-refractivity contribution >= 4 is 21.7 Å². The van der Waals surface area contributed by atoms with Gasteiger partial charge < -0.3 is 19.5 Å². The summed E-state index contributed by atoms with van der Waals surface area (Å²) < 4.78 is 34.3. The van der Waals surface area contributed by atoms with Crippen molar-refractivity contribution in [1.29, 1.82) is 0 Å². The third kappa shape index (κ3) is 4.91. The zero-order chi connectivity index (χ0) is 21.8. The highest BCUT2D eigenvalue weighted by Crippen LogP contribution is 2.22. The van der Waals surface area contributed by atoms with Crippen molar-refractivity contribution in [2.24, 2.45) is 7.05 Å². The first kappa shape index (κ1) is 21.8. The van der Waals surface area contributed by atoms with Crippen molar-refractivity contribution in [1.82, 2.24) is 19.2 Å². The molecule has 4 rings (SSSR count). The minimum absolute atomic E-state index is 0.167. The monoisotopic (exact) mass is 447 g/mol. The van der Waals surface area contributed by atoms with E-state index >= 15 is 0 Å². The summed E-state index contributed by atoms with van der Waals surface area (Å²) in [5.74, 6) is 0.552. The Morgan fingerprint density at radius 3 is 2.61 bits per heavy atom. The number of aryl methyl sites for hydroxylation is 1. The van der Waals surface area contributed by atoms with Crippen LogP contribution in [-0.2, 0) is 28.4 Å². The maximum atomic E-state index is 12.9. The Kier molecular flexibility index (Phi) is 6.59. The van der Waals surface area contributed by atoms with E-state index in [1.54, 1.807) is 17.8 Å². The normalized spacial score (nSPS) is 18.2. The van der Waals surface area contributed by atoms with E-state index in [1.807, 2.05) is 12.1 Å². The predicted octanol–water partition coefficient (Wildman–Crippen LogP) is 1.36. The number of aromatic nitrogens is 2. The quantitative estimate of drug-likeness (QED) is 0.718. The molecule has 2 aromatic heterocycles. The van der Waals surface area contributed by atoms with Gasteiger partial charge in [-0.05, 0) is 36.6 Å². The van der Waals surface area contributed by atoms with Crippen molar-refractivity contribution in [3.63, 3.8) is 0 Å². The Morgan fingerprint density at radius 2 is 1.87 bits per heavy atom. The van der Waals surface area contributed by atoms with Crippen LogP contribution in [0.1, 0.15) is 35.3 Å². The Hall–Kier alpha value is -2.43. The summed E-state index contributed by atoms with van der Waals surface area (Å²) in [6.07, 6.45) is 6.05. The fourth-order valence-electron chi connectivity index (χ4n) is 3.96. The van der Waals surface area contributed by atoms with Crippen LogP contribution >= 0.6 is 0 Å². The first-order valence-corrected chi connectivity index (χ1v) is 12.1. The Labute approximate surface area is 183 Å². The highest BCUT2D eigenvalue weighted by atomic mass is 32.2. The molecule has 2 saturated heterocycles. The van der Waals surface area contributed by atoms with E-state index in [1.165, 1.54) is 16.6 Å². The number of nitrogens with zero attached hydrogens (tertiary/aromatic N) is 4. The molecule has 0 radical (unpaired) electrons. The number of anilines is 1. The number of carbonyl (C=O) groups excluding carboxylic acids is 1. The number of hydrogen-bond donors (Lipinski definition) is 1. The second-order valence-corrected chi connectivity index (χ2v) is 9.88. The van der Waals surface area contributed by atoms with E-state index in [-0.39, 0.29) is 10.8 Å². The summed E-state index contributed by atoms with van der Waals surface area (Å²) in [5, 5.41) is 2.89. The number of pyridine rings is 1. The largest absolute Gasteiger partial charge is 0.378 e. The number of rotatable bonds is 6. The predicted molar refractivity (Wildman–Crippen MR) is 116 cm³/mol. The van der Waals surface area contributed by atoms with Crippen LogP contribution in [0.3, 0.4) is 0 Å². The maximum Gasteiger partial charge on any atom is 0.268 e. The van der Waals surface area contributed by atoms with Gasteiger partial charge in [0.15, 0.2) is 0 Å². The minimum Gasteiger partial charge on any atom is -0.378 e. The van der Waals surface area contributed by atoms with Gasteiger partial charge in [-0.2, -0.15) is 4.31 Å². The van der Waals surface area contributed by atoms with E-state index in [2.05, 4.69) is 15.2 Å². The number of sulfonamides is 1. The van der Waals surface area contributed by atoms with Gasteiger partial charge in [-0.3, -0.25) is 4.79 Å². The molecule has 0 unspecified atom stereocenters. The summed E-state index contributed by atoms with van der Waals surface area (Å²) in [6, 6.07) is 5.29. The van der Waals surface area contributed by atoms with Gasteiger partial charge in [0.2, 0.25) is 10.0 Å². The Morgan fingerprint density at radius 1 is 1.13 bits per heavy atom. The molecule has 2 aliphatic heterocycles. The standard InChI is InChI=1S/C21H29N5O4S/c1-24-16-18(31(28,29)26-7-3-2-4-8-26)14-19(24)21(27)23-15-17-5-6-22-20(13-17)25-9-11-30-12-10-25/h5-6,13-14,16H,2-4,7-12,15H2,1H3,(H,23,27). The zero-order valence-electron chi connectivity index (χ0n) is 17.8. The third-order valence-corrected chi connectivity index (χ3v) is 7.63. The molecule has 168 valence electrons. The summed E-state index contributed by atoms with van der Waals surface area (Å²) in [7, 11) is -1.89. The highest BCUT2D eigenvalue weighted by Gasteiger charge is 2.28. The molecule has 4 heterocycles. The van der Waals surface area contributed by atoms with Crippen molar-refractivity contribution in [2.75, 3.05) is 44.3 Å². The molecule has 0 atom stereocenters. The average Bonchev–Trinajstić information content (AvgIpc) is 3.21. The number of ether oxygens (including phenoxy) is 1. The van der Waals surface area contributed by atoms with Crippen LogP contribution in [0, 0.1) is 0 Å². The number of nitrogens with one attached hydrogen (secondary N) is 1. The van der Waals surface area contributed by atoms with Crippen LogP contribution in [0.15, 0.2) is 35.5 Å². The molecule has 2 aromatic rings. The van der Waals surface area contributed by atoms with Gasteiger partial charge in [-0.25, -0.2) is 13.4 Å². The van der Waals surface area contributed by atoms with Crippen molar-refractivity contribution in [3.8, 4) is 0 Å². The molecule has 1 N–H and O–H groups in total. The van der Waals surface area contributed by atoms with Crippen molar-refractivity contribution < 1.29 is 17.9 Å². The summed E-state index contributed by atoms with van der Waals surface area (Å²) in [5.41, 5.74) is 1.25. The SMILES string of the molecule is Cn1cc(S(=O)(=O)N2CCCCC2)cc1C(=O)NCc1ccnc(N2CCOCC2)c1. The van der Waals surface area contributed by atoms with Gasteiger partial charge in [-0.15, -0.1) is 0 Å². The number of morpholine rings is 1. The highest BCUT2D eigenvalue weighted by molar-refractivity contribution is 7.89. The van der Waals surface area contributed by atoms with Crippen LogP contribution in [0.2, 0.25) is 0 Å². The van der Waals surface area contributed by atoms with Gasteiger partial charge in [-0.1, -0.05) is 6.42 Å². The number of amides is 1. The fraction of sp³-hybridized carbons (Fsp3) is 0.524. The smallest absolute Gasteiger partial charge is 0.268 e. The maximum absolute atomic E-state index is 12.9. The van der Waals surface area contributed by atoms with Gasteiger partial charge >= 0.3 is 0 Å². The number of hydrogen-bond acceptors (Lipinski definition) is 6. The molecule has 10 heteroatoms. The lowest BCUT2D eigenvalue weighted by atomic mass is 10.2. The molecule has 0 bridgehead atoms. The second kappa shape index (κ2) is 9.37. The minimum atomic E-state index is -3.57. The third-order valence-electron chi connectivity index (χ3n) is 5.76. The lowest BCUT2D eigenvalue weighted by Gasteiger charge is -2.28. The zero-order valence-corrected chi connectivity index (χ0v) is 18.6. The Bertz CT molecular complexity index is 1020. The molecule has 31 heavy (non-hydrogen) atoms. The van der Waals surface area contributed by atoms with Gasteiger partial charge in [0.05, 0.1) is 13.2 Å². The molecule has 0 aromatic carbocycles. The van der Waals surface area contributed by atoms with Gasteiger partial charge in [0.25, 0.3) is 5.91 Å². The first-order chi connectivity index (χ1) is 14.9. The first-order valence-electron chi connectivity index (χ1n) is 10.7. The van der Waals surface area contributed by atoms with Gasteiger partial charge in [0.1, 0.15) is 16.4 Å². The molecule has 2 aliphatic rings. The second-order valence-electron chi connectivity index (χ2n) is 7.94.